The molecule has 1 nitrogen and oxygen atoms in total. The number of ketones is 1. The minimum atomic E-state index is 0.203. The van der Waals surface area contributed by atoms with Crippen LogP contribution in [0.5, 0.6) is 0 Å². The van der Waals surface area contributed by atoms with Crippen molar-refractivity contribution in [2.45, 2.75) is 25.7 Å². The summed E-state index contributed by atoms with van der Waals surface area (Å²) >= 11 is 12.0. The first-order chi connectivity index (χ1) is 8.18. The third-order valence-electron chi connectivity index (χ3n) is 4.15. The van der Waals surface area contributed by atoms with Gasteiger partial charge in [-0.1, -0.05) is 36.0 Å². The first-order valence-electron chi connectivity index (χ1n) is 6.18. The maximum absolute atomic E-state index is 12.4. The maximum Gasteiger partial charge on any atom is 0.168 e. The van der Waals surface area contributed by atoms with Crippen LogP contribution in [0, 0.1) is 17.8 Å². The second kappa shape index (κ2) is 4.29. The standard InChI is InChI=1S/C14H14Cl2O/c15-8-5-6-12(16)11(7-8)14(17)13-9-3-1-2-4-10(9)13/h5-7,9-10,13H,1-4H2. The maximum atomic E-state index is 12.4. The number of Topliss-reactive ketones (excluding diaryl/α,β-unsaturated/α-hetero) is 1. The Morgan fingerprint density at radius 3 is 2.41 bits per heavy atom. The van der Waals surface area contributed by atoms with Gasteiger partial charge in [-0.05, 0) is 42.9 Å². The fourth-order valence-electron chi connectivity index (χ4n) is 3.25. The summed E-state index contributed by atoms with van der Waals surface area (Å²) in [6.45, 7) is 0. The Hall–Kier alpha value is -0.530. The van der Waals surface area contributed by atoms with E-state index in [1.165, 1.54) is 25.7 Å². The molecule has 1 aromatic carbocycles. The fourth-order valence-corrected chi connectivity index (χ4v) is 3.63. The molecular weight excluding hydrogens is 255 g/mol. The second-order valence-corrected chi connectivity index (χ2v) is 5.97. The van der Waals surface area contributed by atoms with E-state index in [1.807, 2.05) is 0 Å². The molecule has 2 saturated carbocycles. The summed E-state index contributed by atoms with van der Waals surface area (Å²) in [6.07, 6.45) is 4.96. The van der Waals surface area contributed by atoms with Crippen LogP contribution in [0.1, 0.15) is 36.0 Å². The zero-order chi connectivity index (χ0) is 12.0. The third kappa shape index (κ3) is 2.00. The third-order valence-corrected chi connectivity index (χ3v) is 4.72. The normalized spacial score (nSPS) is 30.8. The number of hydrogen-bond acceptors (Lipinski definition) is 1. The molecule has 3 rings (SSSR count). The van der Waals surface area contributed by atoms with Crippen LogP contribution in [-0.4, -0.2) is 5.78 Å². The van der Waals surface area contributed by atoms with Gasteiger partial charge in [0.15, 0.2) is 5.78 Å². The molecule has 2 atom stereocenters. The van der Waals surface area contributed by atoms with Crippen LogP contribution in [0.2, 0.25) is 10.0 Å². The second-order valence-electron chi connectivity index (χ2n) is 5.13. The number of fused-ring (bicyclic) bond motifs is 1. The van der Waals surface area contributed by atoms with Gasteiger partial charge in [0, 0.05) is 16.5 Å². The van der Waals surface area contributed by atoms with Crippen LogP contribution < -0.4 is 0 Å². The predicted molar refractivity (Wildman–Crippen MR) is 69.7 cm³/mol. The van der Waals surface area contributed by atoms with Gasteiger partial charge in [-0.25, -0.2) is 0 Å². The van der Waals surface area contributed by atoms with Gasteiger partial charge in [0.05, 0.1) is 5.02 Å². The Balaban J connectivity index is 1.85. The average molecular weight is 269 g/mol. The summed E-state index contributed by atoms with van der Waals surface area (Å²) in [5.74, 6) is 1.65. The molecule has 2 unspecified atom stereocenters. The summed E-state index contributed by atoms with van der Waals surface area (Å²) in [5, 5.41) is 1.12. The van der Waals surface area contributed by atoms with Gasteiger partial charge in [-0.2, -0.15) is 0 Å². The lowest BCUT2D eigenvalue weighted by Crippen LogP contribution is -2.05. The highest BCUT2D eigenvalue weighted by Crippen LogP contribution is 2.56. The van der Waals surface area contributed by atoms with Gasteiger partial charge in [0.1, 0.15) is 0 Å². The van der Waals surface area contributed by atoms with E-state index in [4.69, 9.17) is 23.2 Å². The highest BCUT2D eigenvalue weighted by atomic mass is 35.5. The summed E-state index contributed by atoms with van der Waals surface area (Å²) in [4.78, 5) is 12.4. The van der Waals surface area contributed by atoms with Crippen LogP contribution in [0.4, 0.5) is 0 Å². The van der Waals surface area contributed by atoms with E-state index in [1.54, 1.807) is 18.2 Å². The van der Waals surface area contributed by atoms with Crippen molar-refractivity contribution in [1.82, 2.24) is 0 Å². The van der Waals surface area contributed by atoms with Gasteiger partial charge in [0.2, 0.25) is 0 Å². The van der Waals surface area contributed by atoms with Crippen LogP contribution in [0.25, 0.3) is 0 Å². The Bertz CT molecular complexity index is 457. The molecule has 0 aromatic heterocycles. The smallest absolute Gasteiger partial charge is 0.168 e. The lowest BCUT2D eigenvalue weighted by molar-refractivity contribution is 0.0956. The van der Waals surface area contributed by atoms with Gasteiger partial charge in [0.25, 0.3) is 0 Å². The van der Waals surface area contributed by atoms with Gasteiger partial charge in [-0.15, -0.1) is 0 Å². The zero-order valence-corrected chi connectivity index (χ0v) is 11.0. The number of halogens is 2. The molecule has 0 amide bonds. The van der Waals surface area contributed by atoms with E-state index in [2.05, 4.69) is 0 Å². The Labute approximate surface area is 111 Å². The summed E-state index contributed by atoms with van der Waals surface area (Å²) in [7, 11) is 0. The first-order valence-corrected chi connectivity index (χ1v) is 6.93. The van der Waals surface area contributed by atoms with Crippen molar-refractivity contribution in [3.8, 4) is 0 Å². The molecule has 2 aliphatic rings. The highest BCUT2D eigenvalue weighted by molar-refractivity contribution is 6.36. The monoisotopic (exact) mass is 268 g/mol. The zero-order valence-electron chi connectivity index (χ0n) is 9.46. The Kier molecular flexibility index (Phi) is 2.92. The van der Waals surface area contributed by atoms with Crippen LogP contribution in [-0.2, 0) is 0 Å². The quantitative estimate of drug-likeness (QED) is 0.716. The number of rotatable bonds is 2. The van der Waals surface area contributed by atoms with E-state index in [0.717, 1.165) is 0 Å². The number of hydrogen-bond donors (Lipinski definition) is 0. The van der Waals surface area contributed by atoms with E-state index in [0.29, 0.717) is 27.4 Å². The molecule has 1 aromatic rings. The lowest BCUT2D eigenvalue weighted by Gasteiger charge is -2.04. The number of carbonyl (C=O) groups is 1. The topological polar surface area (TPSA) is 17.1 Å². The largest absolute Gasteiger partial charge is 0.294 e. The molecule has 3 heteroatoms. The lowest BCUT2D eigenvalue weighted by atomic mass is 10.0. The molecule has 0 saturated heterocycles. The van der Waals surface area contributed by atoms with E-state index < -0.39 is 0 Å². The summed E-state index contributed by atoms with van der Waals surface area (Å²) < 4.78 is 0. The van der Waals surface area contributed by atoms with Crippen molar-refractivity contribution in [1.29, 1.82) is 0 Å². The SMILES string of the molecule is O=C(c1cc(Cl)ccc1Cl)C1C2CCCCC21. The molecule has 0 aliphatic heterocycles. The minimum Gasteiger partial charge on any atom is -0.294 e. The average Bonchev–Trinajstić information content (AvgIpc) is 3.05. The molecule has 0 spiro atoms. The number of benzene rings is 1. The predicted octanol–water partition coefficient (Wildman–Crippen LogP) is 4.61. The van der Waals surface area contributed by atoms with Crippen LogP contribution in [0.15, 0.2) is 18.2 Å². The Morgan fingerprint density at radius 2 is 1.76 bits per heavy atom. The van der Waals surface area contributed by atoms with E-state index >= 15 is 0 Å². The van der Waals surface area contributed by atoms with Gasteiger partial charge < -0.3 is 0 Å². The minimum absolute atomic E-state index is 0.203. The summed E-state index contributed by atoms with van der Waals surface area (Å²) in [5.41, 5.74) is 0.610. The molecule has 2 aliphatic carbocycles. The van der Waals surface area contributed by atoms with E-state index in [-0.39, 0.29) is 11.7 Å². The molecular formula is C14H14Cl2O. The summed E-state index contributed by atoms with van der Waals surface area (Å²) in [6, 6.07) is 5.14. The van der Waals surface area contributed by atoms with Crippen LogP contribution >= 0.6 is 23.2 Å². The number of carbonyl (C=O) groups excluding carboxylic acids is 1. The van der Waals surface area contributed by atoms with Crippen LogP contribution in [0.3, 0.4) is 0 Å². The molecule has 90 valence electrons. The molecule has 0 bridgehead atoms. The first kappa shape index (κ1) is 11.6. The van der Waals surface area contributed by atoms with E-state index in [9.17, 15) is 4.79 Å². The molecule has 0 radical (unpaired) electrons. The van der Waals surface area contributed by atoms with Crippen molar-refractivity contribution in [3.63, 3.8) is 0 Å². The molecule has 2 fully saturated rings. The van der Waals surface area contributed by atoms with Crippen molar-refractivity contribution in [3.05, 3.63) is 33.8 Å². The van der Waals surface area contributed by atoms with Gasteiger partial charge >= 0.3 is 0 Å². The van der Waals surface area contributed by atoms with Crippen molar-refractivity contribution >= 4 is 29.0 Å². The molecule has 0 heterocycles. The van der Waals surface area contributed by atoms with Crippen molar-refractivity contribution < 1.29 is 4.79 Å². The van der Waals surface area contributed by atoms with Gasteiger partial charge in [-0.3, -0.25) is 4.79 Å². The fraction of sp³-hybridized carbons (Fsp3) is 0.500. The van der Waals surface area contributed by atoms with Crippen molar-refractivity contribution in [2.75, 3.05) is 0 Å². The highest BCUT2D eigenvalue weighted by Gasteiger charge is 2.54. The molecule has 17 heavy (non-hydrogen) atoms. The Morgan fingerprint density at radius 1 is 1.12 bits per heavy atom. The van der Waals surface area contributed by atoms with Crippen molar-refractivity contribution in [2.24, 2.45) is 17.8 Å². The molecule has 0 N–H and O–H groups in total.